The normalized spacial score (nSPS) is 10.5. The number of aryl methyl sites for hydroxylation is 1. The molecule has 0 atom stereocenters. The summed E-state index contributed by atoms with van der Waals surface area (Å²) in [5.41, 5.74) is 4.91. The molecular formula is C18H19N3O4. The van der Waals surface area contributed by atoms with E-state index in [0.717, 1.165) is 11.1 Å². The summed E-state index contributed by atoms with van der Waals surface area (Å²) in [7, 11) is 1.43. The number of ether oxygens (including phenoxy) is 1. The Kier molecular flexibility index (Phi) is 5.73. The van der Waals surface area contributed by atoms with E-state index in [9.17, 15) is 14.7 Å². The number of hydrazone groups is 1. The Morgan fingerprint density at radius 1 is 1.12 bits per heavy atom. The molecule has 7 heteroatoms. The molecule has 2 aromatic rings. The van der Waals surface area contributed by atoms with Crippen molar-refractivity contribution in [3.05, 3.63) is 53.1 Å². The highest BCUT2D eigenvalue weighted by Gasteiger charge is 2.14. The summed E-state index contributed by atoms with van der Waals surface area (Å²) < 4.78 is 4.98. The van der Waals surface area contributed by atoms with Gasteiger partial charge in [-0.25, -0.2) is 5.43 Å². The molecular weight excluding hydrogens is 322 g/mol. The molecule has 130 valence electrons. The van der Waals surface area contributed by atoms with Crippen LogP contribution in [-0.2, 0) is 9.59 Å². The first kappa shape index (κ1) is 18.0. The van der Waals surface area contributed by atoms with E-state index in [2.05, 4.69) is 15.8 Å². The molecule has 3 N–H and O–H groups in total. The number of nitrogens with zero attached hydrogens (tertiary/aromatic N) is 1. The van der Waals surface area contributed by atoms with Gasteiger partial charge in [0.2, 0.25) is 0 Å². The van der Waals surface area contributed by atoms with Crippen LogP contribution in [0.3, 0.4) is 0 Å². The van der Waals surface area contributed by atoms with Crippen molar-refractivity contribution in [3.63, 3.8) is 0 Å². The zero-order valence-corrected chi connectivity index (χ0v) is 14.2. The van der Waals surface area contributed by atoms with E-state index in [1.165, 1.54) is 13.3 Å². The van der Waals surface area contributed by atoms with Gasteiger partial charge in [-0.1, -0.05) is 18.2 Å². The number of benzene rings is 2. The summed E-state index contributed by atoms with van der Waals surface area (Å²) in [5.74, 6) is -1.58. The molecule has 2 rings (SSSR count). The SMILES string of the molecule is COc1cccc(/C=N\NC(=O)C(=O)Nc2cccc(C)c2C)c1O. The van der Waals surface area contributed by atoms with Crippen LogP contribution in [0, 0.1) is 13.8 Å². The molecule has 0 aliphatic heterocycles. The van der Waals surface area contributed by atoms with E-state index >= 15 is 0 Å². The molecule has 25 heavy (non-hydrogen) atoms. The summed E-state index contributed by atoms with van der Waals surface area (Å²) in [6, 6.07) is 10.3. The topological polar surface area (TPSA) is 100 Å². The number of phenols is 1. The molecule has 0 heterocycles. The molecule has 0 aliphatic carbocycles. The number of carbonyl (C=O) groups excluding carboxylic acids is 2. The molecule has 0 fully saturated rings. The third kappa shape index (κ3) is 4.35. The Hall–Kier alpha value is -3.35. The first-order chi connectivity index (χ1) is 11.9. The first-order valence-corrected chi connectivity index (χ1v) is 7.50. The number of methoxy groups -OCH3 is 1. The van der Waals surface area contributed by atoms with Gasteiger partial charge in [-0.05, 0) is 43.2 Å². The zero-order valence-electron chi connectivity index (χ0n) is 14.2. The molecule has 0 saturated heterocycles. The Labute approximate surface area is 145 Å². The van der Waals surface area contributed by atoms with Crippen LogP contribution in [0.25, 0.3) is 0 Å². The lowest BCUT2D eigenvalue weighted by atomic mass is 10.1. The fourth-order valence-corrected chi connectivity index (χ4v) is 2.09. The second-order valence-electron chi connectivity index (χ2n) is 5.30. The third-order valence-corrected chi connectivity index (χ3v) is 3.68. The van der Waals surface area contributed by atoms with Crippen molar-refractivity contribution < 1.29 is 19.4 Å². The van der Waals surface area contributed by atoms with E-state index in [4.69, 9.17) is 4.74 Å². The van der Waals surface area contributed by atoms with Crippen molar-refractivity contribution in [2.75, 3.05) is 12.4 Å². The van der Waals surface area contributed by atoms with Gasteiger partial charge in [0, 0.05) is 11.3 Å². The lowest BCUT2D eigenvalue weighted by Gasteiger charge is -2.09. The number of amides is 2. The number of rotatable bonds is 4. The van der Waals surface area contributed by atoms with E-state index in [-0.39, 0.29) is 11.5 Å². The molecule has 0 saturated carbocycles. The first-order valence-electron chi connectivity index (χ1n) is 7.50. The van der Waals surface area contributed by atoms with Crippen molar-refractivity contribution in [1.29, 1.82) is 0 Å². The molecule has 0 aliphatic rings. The standard InChI is InChI=1S/C18H19N3O4/c1-11-6-4-8-14(12(11)2)20-17(23)18(24)21-19-10-13-7-5-9-15(25-3)16(13)22/h4-10,22H,1-3H3,(H,20,23)(H,21,24)/b19-10-. The number of phenolic OH excluding ortho intramolecular Hbond substituents is 1. The number of nitrogens with one attached hydrogen (secondary N) is 2. The minimum Gasteiger partial charge on any atom is -0.504 e. The Bertz CT molecular complexity index is 831. The molecule has 0 bridgehead atoms. The fourth-order valence-electron chi connectivity index (χ4n) is 2.09. The second-order valence-corrected chi connectivity index (χ2v) is 5.30. The van der Waals surface area contributed by atoms with Gasteiger partial charge in [0.05, 0.1) is 13.3 Å². The molecule has 0 spiro atoms. The summed E-state index contributed by atoms with van der Waals surface area (Å²) in [6.07, 6.45) is 1.22. The Morgan fingerprint density at radius 3 is 2.56 bits per heavy atom. The number of para-hydroxylation sites is 1. The third-order valence-electron chi connectivity index (χ3n) is 3.68. The maximum atomic E-state index is 11.9. The lowest BCUT2D eigenvalue weighted by molar-refractivity contribution is -0.136. The van der Waals surface area contributed by atoms with Crippen LogP contribution in [0.2, 0.25) is 0 Å². The van der Waals surface area contributed by atoms with Crippen molar-refractivity contribution in [1.82, 2.24) is 5.43 Å². The van der Waals surface area contributed by atoms with Crippen LogP contribution in [-0.4, -0.2) is 30.2 Å². The summed E-state index contributed by atoms with van der Waals surface area (Å²) in [6.45, 7) is 3.77. The maximum Gasteiger partial charge on any atom is 0.329 e. The highest BCUT2D eigenvalue weighted by Crippen LogP contribution is 2.27. The maximum absolute atomic E-state index is 11.9. The van der Waals surface area contributed by atoms with Crippen LogP contribution in [0.15, 0.2) is 41.5 Å². The van der Waals surface area contributed by atoms with E-state index < -0.39 is 11.8 Å². The average Bonchev–Trinajstić information content (AvgIpc) is 2.60. The minimum atomic E-state index is -0.917. The lowest BCUT2D eigenvalue weighted by Crippen LogP contribution is -2.32. The van der Waals surface area contributed by atoms with Crippen LogP contribution in [0.5, 0.6) is 11.5 Å². The van der Waals surface area contributed by atoms with Crippen LogP contribution < -0.4 is 15.5 Å². The quantitative estimate of drug-likeness (QED) is 0.450. The Balaban J connectivity index is 2.00. The molecule has 0 unspecified atom stereocenters. The van der Waals surface area contributed by atoms with Gasteiger partial charge in [0.1, 0.15) is 0 Å². The van der Waals surface area contributed by atoms with Gasteiger partial charge in [-0.2, -0.15) is 5.10 Å². The monoisotopic (exact) mass is 341 g/mol. The highest BCUT2D eigenvalue weighted by molar-refractivity contribution is 6.39. The number of hydrogen-bond donors (Lipinski definition) is 3. The minimum absolute atomic E-state index is 0.108. The highest BCUT2D eigenvalue weighted by atomic mass is 16.5. The molecule has 0 aromatic heterocycles. The van der Waals surface area contributed by atoms with Gasteiger partial charge in [0.25, 0.3) is 0 Å². The van der Waals surface area contributed by atoms with Gasteiger partial charge in [0.15, 0.2) is 11.5 Å². The average molecular weight is 341 g/mol. The smallest absolute Gasteiger partial charge is 0.329 e. The van der Waals surface area contributed by atoms with Gasteiger partial charge >= 0.3 is 11.8 Å². The molecule has 2 aromatic carbocycles. The fraction of sp³-hybridized carbons (Fsp3) is 0.167. The molecule has 7 nitrogen and oxygen atoms in total. The van der Waals surface area contributed by atoms with Crippen molar-refractivity contribution in [3.8, 4) is 11.5 Å². The van der Waals surface area contributed by atoms with Crippen molar-refractivity contribution in [2.24, 2.45) is 5.10 Å². The summed E-state index contributed by atoms with van der Waals surface area (Å²) in [4.78, 5) is 23.7. The number of hydrogen-bond acceptors (Lipinski definition) is 5. The van der Waals surface area contributed by atoms with Gasteiger partial charge < -0.3 is 15.2 Å². The van der Waals surface area contributed by atoms with Crippen LogP contribution in [0.1, 0.15) is 16.7 Å². The van der Waals surface area contributed by atoms with Crippen LogP contribution in [0.4, 0.5) is 5.69 Å². The van der Waals surface area contributed by atoms with E-state index in [0.29, 0.717) is 11.3 Å². The predicted molar refractivity (Wildman–Crippen MR) is 94.9 cm³/mol. The summed E-state index contributed by atoms with van der Waals surface area (Å²) in [5, 5.41) is 16.1. The van der Waals surface area contributed by atoms with E-state index in [1.54, 1.807) is 30.3 Å². The largest absolute Gasteiger partial charge is 0.504 e. The zero-order chi connectivity index (χ0) is 18.4. The van der Waals surface area contributed by atoms with Crippen LogP contribution >= 0.6 is 0 Å². The molecule has 2 amide bonds. The van der Waals surface area contributed by atoms with Crippen molar-refractivity contribution >= 4 is 23.7 Å². The number of carbonyl (C=O) groups is 2. The van der Waals surface area contributed by atoms with E-state index in [1.807, 2.05) is 19.9 Å². The molecule has 0 radical (unpaired) electrons. The summed E-state index contributed by atoms with van der Waals surface area (Å²) >= 11 is 0. The van der Waals surface area contributed by atoms with Crippen molar-refractivity contribution in [2.45, 2.75) is 13.8 Å². The predicted octanol–water partition coefficient (Wildman–Crippen LogP) is 2.11. The van der Waals surface area contributed by atoms with Gasteiger partial charge in [-0.15, -0.1) is 0 Å². The Morgan fingerprint density at radius 2 is 1.84 bits per heavy atom. The number of aromatic hydroxyl groups is 1. The second kappa shape index (κ2) is 7.96. The van der Waals surface area contributed by atoms with Gasteiger partial charge in [-0.3, -0.25) is 9.59 Å². The number of anilines is 1.